The molecule has 0 aliphatic carbocycles. The van der Waals surface area contributed by atoms with Crippen LogP contribution in [0.5, 0.6) is 0 Å². The van der Waals surface area contributed by atoms with E-state index in [-0.39, 0.29) is 10.6 Å². The lowest BCUT2D eigenvalue weighted by Gasteiger charge is -2.19. The highest BCUT2D eigenvalue weighted by atomic mass is 32.2. The van der Waals surface area contributed by atoms with E-state index in [1.165, 1.54) is 10.4 Å². The van der Waals surface area contributed by atoms with Crippen molar-refractivity contribution in [2.24, 2.45) is 0 Å². The van der Waals surface area contributed by atoms with E-state index in [0.29, 0.717) is 18.7 Å². The lowest BCUT2D eigenvalue weighted by atomic mass is 10.2. The van der Waals surface area contributed by atoms with Crippen LogP contribution in [0.3, 0.4) is 0 Å². The lowest BCUT2D eigenvalue weighted by molar-refractivity contribution is 0.440. The van der Waals surface area contributed by atoms with E-state index in [1.807, 2.05) is 0 Å². The second-order valence-corrected chi connectivity index (χ2v) is 5.63. The molecule has 0 heterocycles. The molecule has 6 heteroatoms. The Kier molecular flexibility index (Phi) is 4.11. The van der Waals surface area contributed by atoms with E-state index < -0.39 is 15.8 Å². The zero-order valence-corrected chi connectivity index (χ0v) is 11.0. The number of nitrogens with two attached hydrogens (primary N) is 1. The van der Waals surface area contributed by atoms with E-state index in [1.54, 1.807) is 20.8 Å². The summed E-state index contributed by atoms with van der Waals surface area (Å²) in [6.07, 6.45) is 0. The third-order valence-electron chi connectivity index (χ3n) is 2.64. The molecule has 0 saturated carbocycles. The normalized spacial score (nSPS) is 12.1. The van der Waals surface area contributed by atoms with Crippen LogP contribution in [0.15, 0.2) is 17.0 Å². The third kappa shape index (κ3) is 2.58. The standard InChI is InChI=1S/C11H17FN2O2S/c1-4-14(5-2)17(15,16)11-7-10(13)8(3)6-9(11)12/h6-7H,4-5,13H2,1-3H3. The molecule has 0 aliphatic heterocycles. The van der Waals surface area contributed by atoms with Gasteiger partial charge in [0.1, 0.15) is 10.7 Å². The summed E-state index contributed by atoms with van der Waals surface area (Å²) in [5, 5.41) is 0. The number of benzene rings is 1. The van der Waals surface area contributed by atoms with Crippen molar-refractivity contribution in [3.8, 4) is 0 Å². The van der Waals surface area contributed by atoms with E-state index in [9.17, 15) is 12.8 Å². The molecule has 1 aromatic carbocycles. The maximum Gasteiger partial charge on any atom is 0.246 e. The molecule has 17 heavy (non-hydrogen) atoms. The second kappa shape index (κ2) is 5.01. The Morgan fingerprint density at radius 1 is 1.29 bits per heavy atom. The van der Waals surface area contributed by atoms with E-state index in [0.717, 1.165) is 6.07 Å². The zero-order chi connectivity index (χ0) is 13.2. The minimum absolute atomic E-state index is 0.275. The number of sulfonamides is 1. The van der Waals surface area contributed by atoms with Gasteiger partial charge in [0.05, 0.1) is 0 Å². The van der Waals surface area contributed by atoms with E-state index in [2.05, 4.69) is 0 Å². The Labute approximate surface area is 101 Å². The van der Waals surface area contributed by atoms with Crippen LogP contribution in [0.1, 0.15) is 19.4 Å². The average Bonchev–Trinajstić information content (AvgIpc) is 2.24. The Bertz CT molecular complexity index is 510. The first-order chi connectivity index (χ1) is 7.84. The highest BCUT2D eigenvalue weighted by Crippen LogP contribution is 2.24. The summed E-state index contributed by atoms with van der Waals surface area (Å²) in [6.45, 7) is 5.64. The molecular weight excluding hydrogens is 243 g/mol. The fourth-order valence-corrected chi connectivity index (χ4v) is 3.11. The molecule has 0 atom stereocenters. The van der Waals surface area contributed by atoms with Crippen LogP contribution in [0.25, 0.3) is 0 Å². The largest absolute Gasteiger partial charge is 0.398 e. The fourth-order valence-electron chi connectivity index (χ4n) is 1.57. The molecule has 0 fully saturated rings. The van der Waals surface area contributed by atoms with E-state index >= 15 is 0 Å². The van der Waals surface area contributed by atoms with Gasteiger partial charge in [-0.3, -0.25) is 0 Å². The number of hydrogen-bond acceptors (Lipinski definition) is 3. The number of aryl methyl sites for hydroxylation is 1. The van der Waals surface area contributed by atoms with Gasteiger partial charge in [-0.05, 0) is 24.6 Å². The van der Waals surface area contributed by atoms with Crippen molar-refractivity contribution in [1.82, 2.24) is 4.31 Å². The summed E-state index contributed by atoms with van der Waals surface area (Å²) < 4.78 is 39.1. The third-order valence-corrected chi connectivity index (χ3v) is 4.71. The molecule has 0 unspecified atom stereocenters. The summed E-state index contributed by atoms with van der Waals surface area (Å²) in [5.74, 6) is -0.761. The Morgan fingerprint density at radius 3 is 2.29 bits per heavy atom. The first-order valence-electron chi connectivity index (χ1n) is 5.40. The SMILES string of the molecule is CCN(CC)S(=O)(=O)c1cc(N)c(C)cc1F. The molecular formula is C11H17FN2O2S. The van der Waals surface area contributed by atoms with Crippen LogP contribution < -0.4 is 5.73 Å². The maximum atomic E-state index is 13.7. The van der Waals surface area contributed by atoms with Crippen molar-refractivity contribution in [2.45, 2.75) is 25.7 Å². The number of rotatable bonds is 4. The Balaban J connectivity index is 3.38. The van der Waals surface area contributed by atoms with Gasteiger partial charge in [0, 0.05) is 18.8 Å². The topological polar surface area (TPSA) is 63.4 Å². The summed E-state index contributed by atoms with van der Waals surface area (Å²) in [4.78, 5) is -0.357. The number of halogens is 1. The van der Waals surface area contributed by atoms with Crippen LogP contribution in [0.4, 0.5) is 10.1 Å². The molecule has 0 amide bonds. The molecule has 0 spiro atoms. The fraction of sp³-hybridized carbons (Fsp3) is 0.455. The quantitative estimate of drug-likeness (QED) is 0.839. The highest BCUT2D eigenvalue weighted by molar-refractivity contribution is 7.89. The predicted octanol–water partition coefficient (Wildman–Crippen LogP) is 1.75. The average molecular weight is 260 g/mol. The maximum absolute atomic E-state index is 13.7. The van der Waals surface area contributed by atoms with Crippen LogP contribution in [0, 0.1) is 12.7 Å². The Hall–Kier alpha value is -1.14. The van der Waals surface area contributed by atoms with Crippen molar-refractivity contribution in [2.75, 3.05) is 18.8 Å². The van der Waals surface area contributed by atoms with Gasteiger partial charge in [0.25, 0.3) is 0 Å². The summed E-state index contributed by atoms with van der Waals surface area (Å²) >= 11 is 0. The van der Waals surface area contributed by atoms with Gasteiger partial charge in [-0.15, -0.1) is 0 Å². The zero-order valence-electron chi connectivity index (χ0n) is 10.2. The van der Waals surface area contributed by atoms with Gasteiger partial charge in [-0.25, -0.2) is 12.8 Å². The van der Waals surface area contributed by atoms with Crippen molar-refractivity contribution >= 4 is 15.7 Å². The van der Waals surface area contributed by atoms with Crippen LogP contribution in [0.2, 0.25) is 0 Å². The predicted molar refractivity (Wildman–Crippen MR) is 65.7 cm³/mol. The molecule has 0 aromatic heterocycles. The van der Waals surface area contributed by atoms with Crippen molar-refractivity contribution in [1.29, 1.82) is 0 Å². The number of nitrogens with zero attached hydrogens (tertiary/aromatic N) is 1. The molecule has 0 aliphatic rings. The lowest BCUT2D eigenvalue weighted by Crippen LogP contribution is -2.31. The number of nitrogen functional groups attached to an aromatic ring is 1. The summed E-state index contributed by atoms with van der Waals surface area (Å²) in [5.41, 5.74) is 6.42. The van der Waals surface area contributed by atoms with Crippen molar-refractivity contribution in [3.63, 3.8) is 0 Å². The van der Waals surface area contributed by atoms with Crippen LogP contribution in [-0.2, 0) is 10.0 Å². The van der Waals surface area contributed by atoms with E-state index in [4.69, 9.17) is 5.73 Å². The smallest absolute Gasteiger partial charge is 0.246 e. The molecule has 0 bridgehead atoms. The molecule has 1 rings (SSSR count). The first kappa shape index (κ1) is 13.9. The second-order valence-electron chi connectivity index (χ2n) is 3.73. The minimum atomic E-state index is -3.79. The minimum Gasteiger partial charge on any atom is -0.398 e. The monoisotopic (exact) mass is 260 g/mol. The van der Waals surface area contributed by atoms with Gasteiger partial charge < -0.3 is 5.73 Å². The molecule has 0 saturated heterocycles. The Morgan fingerprint density at radius 2 is 1.82 bits per heavy atom. The van der Waals surface area contributed by atoms with Crippen LogP contribution >= 0.6 is 0 Å². The highest BCUT2D eigenvalue weighted by Gasteiger charge is 2.25. The summed E-state index contributed by atoms with van der Waals surface area (Å²) in [6, 6.07) is 2.32. The number of hydrogen-bond donors (Lipinski definition) is 1. The molecule has 4 nitrogen and oxygen atoms in total. The number of anilines is 1. The van der Waals surface area contributed by atoms with Gasteiger partial charge in [0.2, 0.25) is 10.0 Å². The van der Waals surface area contributed by atoms with Crippen LogP contribution in [-0.4, -0.2) is 25.8 Å². The molecule has 1 aromatic rings. The summed E-state index contributed by atoms with van der Waals surface area (Å²) in [7, 11) is -3.79. The van der Waals surface area contributed by atoms with Crippen molar-refractivity contribution < 1.29 is 12.8 Å². The first-order valence-corrected chi connectivity index (χ1v) is 6.84. The van der Waals surface area contributed by atoms with Gasteiger partial charge in [-0.1, -0.05) is 13.8 Å². The molecule has 96 valence electrons. The van der Waals surface area contributed by atoms with Crippen molar-refractivity contribution in [3.05, 3.63) is 23.5 Å². The van der Waals surface area contributed by atoms with Gasteiger partial charge in [-0.2, -0.15) is 4.31 Å². The molecule has 2 N–H and O–H groups in total. The van der Waals surface area contributed by atoms with Gasteiger partial charge >= 0.3 is 0 Å². The molecule has 0 radical (unpaired) electrons. The van der Waals surface area contributed by atoms with Gasteiger partial charge in [0.15, 0.2) is 0 Å².